The van der Waals surface area contributed by atoms with Crippen molar-refractivity contribution in [2.24, 2.45) is 5.73 Å². The van der Waals surface area contributed by atoms with E-state index in [1.807, 2.05) is 5.32 Å². The van der Waals surface area contributed by atoms with Gasteiger partial charge in [0, 0.05) is 13.7 Å². The Hall–Kier alpha value is -2.36. The molecule has 10 nitrogen and oxygen atoms in total. The number of primary amides is 1. The summed E-state index contributed by atoms with van der Waals surface area (Å²) in [5.74, 6) is -2.72. The fraction of sp³-hybridized carbons (Fsp3) is 0.600. The van der Waals surface area contributed by atoms with Crippen LogP contribution in [0.2, 0.25) is 0 Å². The zero-order chi connectivity index (χ0) is 15.5. The molecule has 114 valence electrons. The van der Waals surface area contributed by atoms with Crippen molar-refractivity contribution in [2.45, 2.75) is 12.5 Å². The SMILES string of the molecule is COCCNC(=O)CNC(=O)N[C@@H](CC(N)=O)C(=O)O. The standard InChI is InChI=1S/C10H18N4O6/c1-20-3-2-12-8(16)5-13-10(19)14-6(9(17)18)4-7(11)15/h6H,2-5H2,1H3,(H2,11,15)(H,12,16)(H,17,18)(H2,13,14,19)/t6-/m0/s1. The first-order chi connectivity index (χ1) is 9.36. The molecule has 6 N–H and O–H groups in total. The lowest BCUT2D eigenvalue weighted by molar-refractivity contribution is -0.140. The van der Waals surface area contributed by atoms with E-state index in [-0.39, 0.29) is 13.1 Å². The van der Waals surface area contributed by atoms with Crippen LogP contribution >= 0.6 is 0 Å². The van der Waals surface area contributed by atoms with Crippen LogP contribution in [-0.2, 0) is 19.1 Å². The first kappa shape index (κ1) is 17.6. The van der Waals surface area contributed by atoms with Gasteiger partial charge in [0.25, 0.3) is 0 Å². The maximum Gasteiger partial charge on any atom is 0.326 e. The van der Waals surface area contributed by atoms with Gasteiger partial charge in [-0.05, 0) is 0 Å². The molecule has 0 aliphatic rings. The molecule has 0 aromatic carbocycles. The molecule has 1 atom stereocenters. The second-order valence-corrected chi connectivity index (χ2v) is 3.73. The average molecular weight is 290 g/mol. The van der Waals surface area contributed by atoms with Crippen molar-refractivity contribution < 1.29 is 29.0 Å². The van der Waals surface area contributed by atoms with Crippen molar-refractivity contribution >= 4 is 23.8 Å². The molecule has 0 aliphatic carbocycles. The van der Waals surface area contributed by atoms with E-state index < -0.39 is 36.3 Å². The van der Waals surface area contributed by atoms with E-state index in [0.717, 1.165) is 0 Å². The van der Waals surface area contributed by atoms with Crippen LogP contribution in [0.25, 0.3) is 0 Å². The first-order valence-electron chi connectivity index (χ1n) is 5.68. The van der Waals surface area contributed by atoms with Crippen LogP contribution in [0.1, 0.15) is 6.42 Å². The summed E-state index contributed by atoms with van der Waals surface area (Å²) in [6.07, 6.45) is -0.539. The minimum atomic E-state index is -1.44. The molecular formula is C10H18N4O6. The van der Waals surface area contributed by atoms with Crippen LogP contribution in [0.4, 0.5) is 4.79 Å². The van der Waals surface area contributed by atoms with Crippen molar-refractivity contribution in [3.63, 3.8) is 0 Å². The zero-order valence-electron chi connectivity index (χ0n) is 11.0. The molecule has 0 saturated carbocycles. The number of carbonyl (C=O) groups is 4. The molecule has 0 unspecified atom stereocenters. The molecule has 0 rings (SSSR count). The maximum atomic E-state index is 11.3. The number of nitrogens with two attached hydrogens (primary N) is 1. The number of aliphatic carboxylic acids is 1. The molecular weight excluding hydrogens is 272 g/mol. The Bertz CT molecular complexity index is 373. The topological polar surface area (TPSA) is 160 Å². The average Bonchev–Trinajstić information content (AvgIpc) is 2.35. The van der Waals surface area contributed by atoms with Crippen molar-refractivity contribution in [3.05, 3.63) is 0 Å². The van der Waals surface area contributed by atoms with Gasteiger partial charge in [-0.2, -0.15) is 0 Å². The largest absolute Gasteiger partial charge is 0.480 e. The summed E-state index contributed by atoms with van der Waals surface area (Å²) >= 11 is 0. The van der Waals surface area contributed by atoms with E-state index in [2.05, 4.69) is 10.6 Å². The first-order valence-corrected chi connectivity index (χ1v) is 5.68. The van der Waals surface area contributed by atoms with Gasteiger partial charge in [-0.3, -0.25) is 9.59 Å². The Kier molecular flexibility index (Phi) is 8.43. The van der Waals surface area contributed by atoms with Gasteiger partial charge in [-0.15, -0.1) is 0 Å². The lowest BCUT2D eigenvalue weighted by Crippen LogP contribution is -2.49. The van der Waals surface area contributed by atoms with Gasteiger partial charge in [0.1, 0.15) is 6.04 Å². The highest BCUT2D eigenvalue weighted by atomic mass is 16.5. The lowest BCUT2D eigenvalue weighted by Gasteiger charge is -2.13. The number of carboxylic acid groups (broad SMARTS) is 1. The van der Waals surface area contributed by atoms with Crippen LogP contribution in [0, 0.1) is 0 Å². The number of carboxylic acids is 1. The lowest BCUT2D eigenvalue weighted by atomic mass is 10.2. The number of nitrogens with one attached hydrogen (secondary N) is 3. The number of rotatable bonds is 9. The van der Waals surface area contributed by atoms with Gasteiger partial charge in [-0.25, -0.2) is 9.59 Å². The molecule has 0 spiro atoms. The molecule has 0 aromatic rings. The Morgan fingerprint density at radius 1 is 1.25 bits per heavy atom. The molecule has 0 heterocycles. The summed E-state index contributed by atoms with van der Waals surface area (Å²) in [6, 6.07) is -2.33. The van der Waals surface area contributed by atoms with Gasteiger partial charge >= 0.3 is 12.0 Å². The minimum absolute atomic E-state index is 0.290. The van der Waals surface area contributed by atoms with E-state index in [0.29, 0.717) is 6.61 Å². The summed E-state index contributed by atoms with van der Waals surface area (Å²) in [6.45, 7) is 0.286. The van der Waals surface area contributed by atoms with Gasteiger partial charge in [0.2, 0.25) is 11.8 Å². The molecule has 10 heteroatoms. The zero-order valence-corrected chi connectivity index (χ0v) is 11.0. The normalized spacial score (nSPS) is 11.2. The molecule has 0 fully saturated rings. The molecule has 0 saturated heterocycles. The molecule has 4 amide bonds. The van der Waals surface area contributed by atoms with Crippen molar-refractivity contribution in [1.82, 2.24) is 16.0 Å². The summed E-state index contributed by atoms with van der Waals surface area (Å²) in [7, 11) is 1.47. The Balaban J connectivity index is 4.04. The van der Waals surface area contributed by atoms with Gasteiger partial charge in [0.15, 0.2) is 0 Å². The van der Waals surface area contributed by atoms with E-state index in [4.69, 9.17) is 15.6 Å². The highest BCUT2D eigenvalue weighted by Crippen LogP contribution is 1.91. The van der Waals surface area contributed by atoms with Crippen molar-refractivity contribution in [2.75, 3.05) is 26.8 Å². The van der Waals surface area contributed by atoms with Gasteiger partial charge in [-0.1, -0.05) is 0 Å². The van der Waals surface area contributed by atoms with Crippen LogP contribution in [0.5, 0.6) is 0 Å². The molecule has 20 heavy (non-hydrogen) atoms. The second kappa shape index (κ2) is 9.55. The van der Waals surface area contributed by atoms with Crippen LogP contribution in [-0.4, -0.2) is 61.8 Å². The third-order valence-electron chi connectivity index (χ3n) is 2.05. The predicted octanol–water partition coefficient (Wildman–Crippen LogP) is -2.62. The van der Waals surface area contributed by atoms with E-state index in [1.165, 1.54) is 7.11 Å². The van der Waals surface area contributed by atoms with Crippen LogP contribution < -0.4 is 21.7 Å². The molecule has 0 radical (unpaired) electrons. The number of methoxy groups -OCH3 is 1. The molecule has 0 bridgehead atoms. The van der Waals surface area contributed by atoms with E-state index in [1.54, 1.807) is 0 Å². The number of amides is 4. The maximum absolute atomic E-state index is 11.3. The highest BCUT2D eigenvalue weighted by molar-refractivity contribution is 5.89. The summed E-state index contributed by atoms with van der Waals surface area (Å²) in [5.41, 5.74) is 4.85. The van der Waals surface area contributed by atoms with Gasteiger partial charge < -0.3 is 31.5 Å². The predicted molar refractivity (Wildman–Crippen MR) is 66.7 cm³/mol. The Morgan fingerprint density at radius 2 is 1.90 bits per heavy atom. The van der Waals surface area contributed by atoms with E-state index >= 15 is 0 Å². The monoisotopic (exact) mass is 290 g/mol. The number of ether oxygens (including phenoxy) is 1. The third kappa shape index (κ3) is 8.69. The minimum Gasteiger partial charge on any atom is -0.480 e. The quantitative estimate of drug-likeness (QED) is 0.292. The number of urea groups is 1. The summed E-state index contributed by atoms with van der Waals surface area (Å²) in [4.78, 5) is 43.9. The van der Waals surface area contributed by atoms with E-state index in [9.17, 15) is 19.2 Å². The third-order valence-corrected chi connectivity index (χ3v) is 2.05. The fourth-order valence-corrected chi connectivity index (χ4v) is 1.13. The smallest absolute Gasteiger partial charge is 0.326 e. The fourth-order valence-electron chi connectivity index (χ4n) is 1.13. The van der Waals surface area contributed by atoms with Crippen LogP contribution in [0.15, 0.2) is 0 Å². The summed E-state index contributed by atoms with van der Waals surface area (Å²) in [5, 5.41) is 15.4. The highest BCUT2D eigenvalue weighted by Gasteiger charge is 2.22. The van der Waals surface area contributed by atoms with Crippen LogP contribution in [0.3, 0.4) is 0 Å². The Morgan fingerprint density at radius 3 is 2.40 bits per heavy atom. The number of hydrogen-bond donors (Lipinski definition) is 5. The van der Waals surface area contributed by atoms with Crippen molar-refractivity contribution in [1.29, 1.82) is 0 Å². The van der Waals surface area contributed by atoms with Crippen molar-refractivity contribution in [3.8, 4) is 0 Å². The molecule has 0 aromatic heterocycles. The molecule has 0 aliphatic heterocycles. The summed E-state index contributed by atoms with van der Waals surface area (Å²) < 4.78 is 4.71. The second-order valence-electron chi connectivity index (χ2n) is 3.73. The Labute approximate surface area is 115 Å². The number of carbonyl (C=O) groups excluding carboxylic acids is 3. The number of hydrogen-bond acceptors (Lipinski definition) is 5. The van der Waals surface area contributed by atoms with Gasteiger partial charge in [0.05, 0.1) is 19.6 Å².